The summed E-state index contributed by atoms with van der Waals surface area (Å²) < 4.78 is 0. The average Bonchev–Trinajstić information content (AvgIpc) is 2.34. The summed E-state index contributed by atoms with van der Waals surface area (Å²) in [6.07, 6.45) is 2.61. The van der Waals surface area contributed by atoms with Gasteiger partial charge in [0, 0.05) is 9.65 Å². The monoisotopic (exact) mass is 374 g/mol. The highest BCUT2D eigenvalue weighted by molar-refractivity contribution is 9.10. The smallest absolute Gasteiger partial charge is 0.307 e. The van der Waals surface area contributed by atoms with Crippen LogP contribution in [-0.4, -0.2) is 20.7 Å². The zero-order valence-electron chi connectivity index (χ0n) is 9.93. The molecular formula is C14H16Br2O2. The van der Waals surface area contributed by atoms with E-state index in [2.05, 4.69) is 44.0 Å². The molecule has 1 aromatic carbocycles. The van der Waals surface area contributed by atoms with Crippen molar-refractivity contribution in [2.24, 2.45) is 11.8 Å². The van der Waals surface area contributed by atoms with Crippen LogP contribution in [0.1, 0.15) is 18.4 Å². The quantitative estimate of drug-likeness (QED) is 0.814. The third kappa shape index (κ3) is 3.35. The first-order chi connectivity index (χ1) is 8.58. The van der Waals surface area contributed by atoms with Crippen molar-refractivity contribution in [3.8, 4) is 0 Å². The van der Waals surface area contributed by atoms with E-state index in [1.807, 2.05) is 18.2 Å². The Morgan fingerprint density at radius 3 is 2.44 bits per heavy atom. The molecule has 98 valence electrons. The summed E-state index contributed by atoms with van der Waals surface area (Å²) in [6, 6.07) is 10.4. The lowest BCUT2D eigenvalue weighted by atomic mass is 9.79. The fourth-order valence-electron chi connectivity index (χ4n) is 2.57. The molecule has 1 N–H and O–H groups in total. The molecule has 1 aliphatic rings. The molecule has 4 heteroatoms. The number of carboxylic acid groups (broad SMARTS) is 1. The van der Waals surface area contributed by atoms with E-state index in [0.717, 1.165) is 12.8 Å². The van der Waals surface area contributed by atoms with Crippen LogP contribution in [0.2, 0.25) is 0 Å². The molecule has 2 rings (SSSR count). The van der Waals surface area contributed by atoms with E-state index in [1.165, 1.54) is 5.56 Å². The zero-order chi connectivity index (χ0) is 13.1. The van der Waals surface area contributed by atoms with Gasteiger partial charge < -0.3 is 5.11 Å². The maximum atomic E-state index is 11.1. The predicted molar refractivity (Wildman–Crippen MR) is 79.4 cm³/mol. The van der Waals surface area contributed by atoms with Crippen LogP contribution in [0.5, 0.6) is 0 Å². The van der Waals surface area contributed by atoms with Gasteiger partial charge in [-0.1, -0.05) is 62.2 Å². The first-order valence-electron chi connectivity index (χ1n) is 6.12. The molecule has 0 bridgehead atoms. The maximum Gasteiger partial charge on any atom is 0.307 e. The first kappa shape index (κ1) is 14.1. The van der Waals surface area contributed by atoms with Crippen LogP contribution in [0, 0.1) is 11.8 Å². The topological polar surface area (TPSA) is 37.3 Å². The molecule has 18 heavy (non-hydrogen) atoms. The molecule has 0 spiro atoms. The van der Waals surface area contributed by atoms with Crippen LogP contribution in [0.4, 0.5) is 0 Å². The Labute approximate surface area is 124 Å². The summed E-state index contributed by atoms with van der Waals surface area (Å²) in [5, 5.41) is 9.15. The number of alkyl halides is 2. The van der Waals surface area contributed by atoms with Crippen molar-refractivity contribution < 1.29 is 9.90 Å². The fourth-order valence-corrected chi connectivity index (χ4v) is 4.30. The second-order valence-electron chi connectivity index (χ2n) is 4.90. The SMILES string of the molecule is O=C(O)[C@H]1C[C@@H](Br)[C@H](Cc2ccccc2)C[C@@H]1Br. The Balaban J connectivity index is 2.01. The molecule has 0 aromatic heterocycles. The third-order valence-electron chi connectivity index (χ3n) is 3.61. The number of hydrogen-bond donors (Lipinski definition) is 1. The van der Waals surface area contributed by atoms with Crippen LogP contribution < -0.4 is 0 Å². The summed E-state index contributed by atoms with van der Waals surface area (Å²) in [5.74, 6) is -0.478. The lowest BCUT2D eigenvalue weighted by Crippen LogP contribution is -2.37. The van der Waals surface area contributed by atoms with Gasteiger partial charge in [-0.3, -0.25) is 4.79 Å². The molecule has 0 unspecified atom stereocenters. The lowest BCUT2D eigenvalue weighted by Gasteiger charge is -2.34. The van der Waals surface area contributed by atoms with Gasteiger partial charge in [-0.05, 0) is 30.7 Å². The molecule has 1 fully saturated rings. The Morgan fingerprint density at radius 2 is 1.83 bits per heavy atom. The van der Waals surface area contributed by atoms with Gasteiger partial charge in [-0.15, -0.1) is 0 Å². The van der Waals surface area contributed by atoms with Gasteiger partial charge in [0.2, 0.25) is 0 Å². The predicted octanol–water partition coefficient (Wildman–Crippen LogP) is 3.87. The number of carboxylic acids is 1. The highest BCUT2D eigenvalue weighted by atomic mass is 79.9. The van der Waals surface area contributed by atoms with Crippen LogP contribution in [0.3, 0.4) is 0 Å². The Morgan fingerprint density at radius 1 is 1.17 bits per heavy atom. The molecule has 1 saturated carbocycles. The minimum absolute atomic E-state index is 0.0810. The lowest BCUT2D eigenvalue weighted by molar-refractivity contribution is -0.142. The second-order valence-corrected chi connectivity index (χ2v) is 7.25. The molecule has 1 aliphatic carbocycles. The van der Waals surface area contributed by atoms with Crippen LogP contribution >= 0.6 is 31.9 Å². The number of carbonyl (C=O) groups is 1. The van der Waals surface area contributed by atoms with E-state index in [9.17, 15) is 4.79 Å². The minimum Gasteiger partial charge on any atom is -0.481 e. The Bertz CT molecular complexity index is 408. The molecule has 0 amide bonds. The highest BCUT2D eigenvalue weighted by Gasteiger charge is 2.38. The molecular weight excluding hydrogens is 360 g/mol. The number of halogens is 2. The van der Waals surface area contributed by atoms with Crippen LogP contribution in [0.25, 0.3) is 0 Å². The van der Waals surface area contributed by atoms with Gasteiger partial charge in [0.25, 0.3) is 0 Å². The van der Waals surface area contributed by atoms with E-state index in [1.54, 1.807) is 0 Å². The van der Waals surface area contributed by atoms with Crippen LogP contribution in [-0.2, 0) is 11.2 Å². The molecule has 0 radical (unpaired) electrons. The van der Waals surface area contributed by atoms with E-state index < -0.39 is 5.97 Å². The number of aliphatic carboxylic acids is 1. The van der Waals surface area contributed by atoms with Gasteiger partial charge in [0.05, 0.1) is 5.92 Å². The Kier molecular flexibility index (Phi) is 4.84. The van der Waals surface area contributed by atoms with Gasteiger partial charge in [-0.25, -0.2) is 0 Å². The maximum absolute atomic E-state index is 11.1. The van der Waals surface area contributed by atoms with Crippen molar-refractivity contribution in [2.45, 2.75) is 28.9 Å². The summed E-state index contributed by atoms with van der Waals surface area (Å²) in [5.41, 5.74) is 1.32. The molecule has 4 atom stereocenters. The van der Waals surface area contributed by atoms with Gasteiger partial charge >= 0.3 is 5.97 Å². The van der Waals surface area contributed by atoms with E-state index in [-0.39, 0.29) is 15.6 Å². The highest BCUT2D eigenvalue weighted by Crippen LogP contribution is 2.39. The molecule has 0 heterocycles. The van der Waals surface area contributed by atoms with Crippen molar-refractivity contribution in [1.29, 1.82) is 0 Å². The number of rotatable bonds is 3. The van der Waals surface area contributed by atoms with Crippen molar-refractivity contribution in [1.82, 2.24) is 0 Å². The van der Waals surface area contributed by atoms with Crippen molar-refractivity contribution >= 4 is 37.8 Å². The molecule has 1 aromatic rings. The third-order valence-corrected chi connectivity index (χ3v) is 5.75. The number of benzene rings is 1. The van der Waals surface area contributed by atoms with Crippen molar-refractivity contribution in [3.63, 3.8) is 0 Å². The van der Waals surface area contributed by atoms with Gasteiger partial charge in [-0.2, -0.15) is 0 Å². The van der Waals surface area contributed by atoms with Crippen molar-refractivity contribution in [3.05, 3.63) is 35.9 Å². The van der Waals surface area contributed by atoms with Crippen LogP contribution in [0.15, 0.2) is 30.3 Å². The second kappa shape index (κ2) is 6.20. The summed E-state index contributed by atoms with van der Waals surface area (Å²) in [6.45, 7) is 0. The standard InChI is InChI=1S/C14H16Br2O2/c15-12-8-11(14(17)18)13(16)7-10(12)6-9-4-2-1-3-5-9/h1-5,10-13H,6-8H2,(H,17,18)/t10-,11+,12-,13+/m1/s1. The summed E-state index contributed by atoms with van der Waals surface area (Å²) in [4.78, 5) is 11.5. The summed E-state index contributed by atoms with van der Waals surface area (Å²) >= 11 is 7.20. The normalized spacial score (nSPS) is 32.1. The van der Waals surface area contributed by atoms with E-state index in [4.69, 9.17) is 5.11 Å². The molecule has 2 nitrogen and oxygen atoms in total. The first-order valence-corrected chi connectivity index (χ1v) is 7.96. The van der Waals surface area contributed by atoms with Crippen molar-refractivity contribution in [2.75, 3.05) is 0 Å². The molecule has 0 saturated heterocycles. The zero-order valence-corrected chi connectivity index (χ0v) is 13.1. The average molecular weight is 376 g/mol. The van der Waals surface area contributed by atoms with Gasteiger partial charge in [0.1, 0.15) is 0 Å². The summed E-state index contributed by atoms with van der Waals surface area (Å²) in [7, 11) is 0. The number of hydrogen-bond acceptors (Lipinski definition) is 1. The largest absolute Gasteiger partial charge is 0.481 e. The van der Waals surface area contributed by atoms with E-state index in [0.29, 0.717) is 12.3 Å². The Hall–Kier alpha value is -0.350. The van der Waals surface area contributed by atoms with Gasteiger partial charge in [0.15, 0.2) is 0 Å². The minimum atomic E-state index is -0.695. The molecule has 0 aliphatic heterocycles. The van der Waals surface area contributed by atoms with E-state index >= 15 is 0 Å². The fraction of sp³-hybridized carbons (Fsp3) is 0.500.